The van der Waals surface area contributed by atoms with Crippen LogP contribution in [0.4, 0.5) is 5.69 Å². The summed E-state index contributed by atoms with van der Waals surface area (Å²) in [5, 5.41) is 0. The third kappa shape index (κ3) is 3.28. The molecule has 21 heavy (non-hydrogen) atoms. The standard InChI is InChI=1S/C15H20N2O3S/c1-10(2)13-6-4-5-7-14(13)17-21(18,19)15-8-12(9-16)20-11(15)3/h4-8,10,17H,9,16H2,1-3H3. The second-order valence-corrected chi connectivity index (χ2v) is 6.84. The van der Waals surface area contributed by atoms with E-state index in [1.54, 1.807) is 19.1 Å². The van der Waals surface area contributed by atoms with Crippen molar-refractivity contribution in [3.8, 4) is 0 Å². The van der Waals surface area contributed by atoms with Crippen molar-refractivity contribution in [2.24, 2.45) is 5.73 Å². The van der Waals surface area contributed by atoms with Crippen LogP contribution < -0.4 is 10.5 Å². The highest BCUT2D eigenvalue weighted by molar-refractivity contribution is 7.92. The van der Waals surface area contributed by atoms with E-state index in [0.717, 1.165) is 5.56 Å². The quantitative estimate of drug-likeness (QED) is 0.889. The molecule has 0 aliphatic heterocycles. The Balaban J connectivity index is 2.40. The van der Waals surface area contributed by atoms with Gasteiger partial charge in [0.05, 0.1) is 12.2 Å². The second kappa shape index (κ2) is 5.91. The van der Waals surface area contributed by atoms with E-state index in [4.69, 9.17) is 10.2 Å². The van der Waals surface area contributed by atoms with Crippen LogP contribution in [0.25, 0.3) is 0 Å². The fourth-order valence-corrected chi connectivity index (χ4v) is 3.48. The molecular weight excluding hydrogens is 288 g/mol. The Kier molecular flexibility index (Phi) is 4.39. The van der Waals surface area contributed by atoms with E-state index in [1.165, 1.54) is 6.07 Å². The molecule has 3 N–H and O–H groups in total. The van der Waals surface area contributed by atoms with Crippen molar-refractivity contribution in [1.82, 2.24) is 0 Å². The molecule has 0 unspecified atom stereocenters. The maximum absolute atomic E-state index is 12.5. The monoisotopic (exact) mass is 308 g/mol. The highest BCUT2D eigenvalue weighted by atomic mass is 32.2. The Morgan fingerprint density at radius 1 is 1.29 bits per heavy atom. The first kappa shape index (κ1) is 15.6. The number of sulfonamides is 1. The number of nitrogens with two attached hydrogens (primary N) is 1. The van der Waals surface area contributed by atoms with Crippen LogP contribution in [0.3, 0.4) is 0 Å². The van der Waals surface area contributed by atoms with Gasteiger partial charge in [-0.25, -0.2) is 8.42 Å². The predicted molar refractivity (Wildman–Crippen MR) is 82.7 cm³/mol. The van der Waals surface area contributed by atoms with E-state index in [9.17, 15) is 8.42 Å². The first-order valence-electron chi connectivity index (χ1n) is 6.76. The molecule has 0 atom stereocenters. The van der Waals surface area contributed by atoms with Gasteiger partial charge < -0.3 is 10.2 Å². The third-order valence-electron chi connectivity index (χ3n) is 3.24. The normalized spacial score (nSPS) is 11.9. The lowest BCUT2D eigenvalue weighted by Gasteiger charge is -2.14. The summed E-state index contributed by atoms with van der Waals surface area (Å²) in [6.07, 6.45) is 0. The molecule has 2 rings (SSSR count). The molecule has 0 radical (unpaired) electrons. The molecule has 0 fully saturated rings. The number of benzene rings is 1. The summed E-state index contributed by atoms with van der Waals surface area (Å²) in [5.41, 5.74) is 7.01. The molecule has 2 aromatic rings. The Labute approximate surface area is 125 Å². The Morgan fingerprint density at radius 2 is 1.95 bits per heavy atom. The summed E-state index contributed by atoms with van der Waals surface area (Å²) in [6, 6.07) is 8.83. The number of furan rings is 1. The molecule has 0 aliphatic rings. The van der Waals surface area contributed by atoms with Crippen molar-refractivity contribution in [2.75, 3.05) is 4.72 Å². The zero-order valence-corrected chi connectivity index (χ0v) is 13.2. The molecule has 114 valence electrons. The van der Waals surface area contributed by atoms with Crippen LogP contribution >= 0.6 is 0 Å². The highest BCUT2D eigenvalue weighted by Crippen LogP contribution is 2.28. The minimum absolute atomic E-state index is 0.126. The fourth-order valence-electron chi connectivity index (χ4n) is 2.18. The van der Waals surface area contributed by atoms with Crippen molar-refractivity contribution in [2.45, 2.75) is 38.1 Å². The lowest BCUT2D eigenvalue weighted by molar-refractivity contribution is 0.479. The summed E-state index contributed by atoms with van der Waals surface area (Å²) >= 11 is 0. The number of para-hydroxylation sites is 1. The highest BCUT2D eigenvalue weighted by Gasteiger charge is 2.22. The van der Waals surface area contributed by atoms with Gasteiger partial charge in [0.25, 0.3) is 10.0 Å². The van der Waals surface area contributed by atoms with Crippen LogP contribution in [-0.4, -0.2) is 8.42 Å². The van der Waals surface area contributed by atoms with Crippen molar-refractivity contribution in [3.63, 3.8) is 0 Å². The molecule has 0 bridgehead atoms. The van der Waals surface area contributed by atoms with E-state index in [1.807, 2.05) is 26.0 Å². The molecule has 0 saturated carbocycles. The summed E-state index contributed by atoms with van der Waals surface area (Å²) in [7, 11) is -3.69. The van der Waals surface area contributed by atoms with E-state index in [0.29, 0.717) is 17.2 Å². The first-order valence-corrected chi connectivity index (χ1v) is 8.24. The molecule has 0 spiro atoms. The van der Waals surface area contributed by atoms with Gasteiger partial charge in [-0.3, -0.25) is 4.72 Å². The van der Waals surface area contributed by atoms with Gasteiger partial charge in [-0.2, -0.15) is 0 Å². The first-order chi connectivity index (χ1) is 9.85. The second-order valence-electron chi connectivity index (χ2n) is 5.18. The van der Waals surface area contributed by atoms with Crippen LogP contribution in [0.2, 0.25) is 0 Å². The smallest absolute Gasteiger partial charge is 0.265 e. The van der Waals surface area contributed by atoms with Crippen molar-refractivity contribution in [1.29, 1.82) is 0 Å². The van der Waals surface area contributed by atoms with Crippen LogP contribution in [0.5, 0.6) is 0 Å². The van der Waals surface area contributed by atoms with E-state index in [2.05, 4.69) is 4.72 Å². The average molecular weight is 308 g/mol. The maximum atomic E-state index is 12.5. The summed E-state index contributed by atoms with van der Waals surface area (Å²) in [6.45, 7) is 5.81. The summed E-state index contributed by atoms with van der Waals surface area (Å²) in [5.74, 6) is 1.00. The third-order valence-corrected chi connectivity index (χ3v) is 4.71. The zero-order chi connectivity index (χ0) is 15.6. The minimum Gasteiger partial charge on any atom is -0.464 e. The lowest BCUT2D eigenvalue weighted by Crippen LogP contribution is -2.14. The molecule has 1 aromatic heterocycles. The largest absolute Gasteiger partial charge is 0.464 e. The molecule has 0 saturated heterocycles. The lowest BCUT2D eigenvalue weighted by atomic mass is 10.0. The molecular formula is C15H20N2O3S. The zero-order valence-electron chi connectivity index (χ0n) is 12.4. The average Bonchev–Trinajstić information content (AvgIpc) is 2.81. The van der Waals surface area contributed by atoms with Gasteiger partial charge in [-0.05, 0) is 24.5 Å². The minimum atomic E-state index is -3.69. The maximum Gasteiger partial charge on any atom is 0.265 e. The van der Waals surface area contributed by atoms with Crippen molar-refractivity contribution >= 4 is 15.7 Å². The molecule has 0 aliphatic carbocycles. The fraction of sp³-hybridized carbons (Fsp3) is 0.333. The number of hydrogen-bond donors (Lipinski definition) is 2. The van der Waals surface area contributed by atoms with E-state index >= 15 is 0 Å². The van der Waals surface area contributed by atoms with Crippen LogP contribution in [-0.2, 0) is 16.6 Å². The Morgan fingerprint density at radius 3 is 2.52 bits per heavy atom. The van der Waals surface area contributed by atoms with Crippen molar-refractivity contribution < 1.29 is 12.8 Å². The molecule has 5 nitrogen and oxygen atoms in total. The van der Waals surface area contributed by atoms with E-state index in [-0.39, 0.29) is 17.4 Å². The molecule has 0 amide bonds. The Hall–Kier alpha value is -1.79. The number of nitrogens with one attached hydrogen (secondary N) is 1. The number of hydrogen-bond acceptors (Lipinski definition) is 4. The van der Waals surface area contributed by atoms with Crippen LogP contribution in [0.1, 0.15) is 36.8 Å². The summed E-state index contributed by atoms with van der Waals surface area (Å²) < 4.78 is 33.0. The van der Waals surface area contributed by atoms with Crippen LogP contribution in [0.15, 0.2) is 39.6 Å². The molecule has 6 heteroatoms. The summed E-state index contributed by atoms with van der Waals surface area (Å²) in [4.78, 5) is 0.126. The topological polar surface area (TPSA) is 85.3 Å². The van der Waals surface area contributed by atoms with Gasteiger partial charge in [-0.15, -0.1) is 0 Å². The molecule has 1 heterocycles. The van der Waals surface area contributed by atoms with Gasteiger partial charge in [0, 0.05) is 6.07 Å². The van der Waals surface area contributed by atoms with Gasteiger partial charge in [0.2, 0.25) is 0 Å². The van der Waals surface area contributed by atoms with Gasteiger partial charge in [-0.1, -0.05) is 32.0 Å². The SMILES string of the molecule is Cc1oc(CN)cc1S(=O)(=O)Nc1ccccc1C(C)C. The van der Waals surface area contributed by atoms with Crippen LogP contribution in [0, 0.1) is 6.92 Å². The van der Waals surface area contributed by atoms with Gasteiger partial charge in [0.1, 0.15) is 16.4 Å². The van der Waals surface area contributed by atoms with Crippen molar-refractivity contribution in [3.05, 3.63) is 47.4 Å². The van der Waals surface area contributed by atoms with E-state index < -0.39 is 10.0 Å². The number of anilines is 1. The van der Waals surface area contributed by atoms with Gasteiger partial charge in [0.15, 0.2) is 0 Å². The molecule has 1 aromatic carbocycles. The predicted octanol–water partition coefficient (Wildman–Crippen LogP) is 2.97. The number of rotatable bonds is 5. The van der Waals surface area contributed by atoms with Gasteiger partial charge >= 0.3 is 0 Å². The number of aryl methyl sites for hydroxylation is 1. The Bertz CT molecular complexity index is 733.